The third-order valence-corrected chi connectivity index (χ3v) is 4.90. The lowest BCUT2D eigenvalue weighted by atomic mass is 10.0. The molecule has 8 heteroatoms. The highest BCUT2D eigenvalue weighted by Gasteiger charge is 2.26. The van der Waals surface area contributed by atoms with Crippen LogP contribution in [0.4, 0.5) is 17.6 Å². The predicted octanol–water partition coefficient (Wildman–Crippen LogP) is 7.13. The molecule has 0 aliphatic rings. The van der Waals surface area contributed by atoms with Gasteiger partial charge in [0.25, 0.3) is 0 Å². The lowest BCUT2D eigenvalue weighted by Crippen LogP contribution is -2.06. The number of hydrogen-bond donors (Lipinski definition) is 1. The third kappa shape index (κ3) is 7.42. The zero-order chi connectivity index (χ0) is 19.4. The molecule has 0 aromatic heterocycles. The summed E-state index contributed by atoms with van der Waals surface area (Å²) in [7, 11) is 0. The lowest BCUT2D eigenvalue weighted by molar-refractivity contribution is -0.432. The van der Waals surface area contributed by atoms with Gasteiger partial charge in [-0.05, 0) is 12.8 Å². The van der Waals surface area contributed by atoms with Gasteiger partial charge in [0.2, 0.25) is 0 Å². The largest absolute Gasteiger partial charge is 0.220 e. The van der Waals surface area contributed by atoms with E-state index in [4.69, 9.17) is 5.26 Å². The Labute approximate surface area is 156 Å². The van der Waals surface area contributed by atoms with E-state index in [1.54, 1.807) is 0 Å². The number of hydrogen-bond acceptors (Lipinski definition) is 4. The highest BCUT2D eigenvalue weighted by molar-refractivity contribution is 7.94. The van der Waals surface area contributed by atoms with Crippen LogP contribution in [0, 0.1) is 23.3 Å². The standard InChI is InChI=1S/C18H26F4O3S/c1-2-3-4-5-6-7-8-9-10-11-12-13-14(19)16(21)18(26-25-24-23)17(22)15(13)20/h23H,2-12H2,1H3. The van der Waals surface area contributed by atoms with Crippen molar-refractivity contribution in [3.05, 3.63) is 28.8 Å². The van der Waals surface area contributed by atoms with Crippen LogP contribution in [0.3, 0.4) is 0 Å². The van der Waals surface area contributed by atoms with E-state index >= 15 is 0 Å². The monoisotopic (exact) mass is 398 g/mol. The number of rotatable bonds is 14. The molecule has 3 nitrogen and oxygen atoms in total. The van der Waals surface area contributed by atoms with Gasteiger partial charge in [0.15, 0.2) is 23.3 Å². The first-order valence-corrected chi connectivity index (χ1v) is 9.78. The van der Waals surface area contributed by atoms with E-state index in [-0.39, 0.29) is 18.5 Å². The fourth-order valence-corrected chi connectivity index (χ4v) is 3.21. The smallest absolute Gasteiger partial charge is 0.178 e. The maximum atomic E-state index is 14.0. The topological polar surface area (TPSA) is 38.7 Å². The number of unbranched alkanes of at least 4 members (excludes halogenated alkanes) is 9. The van der Waals surface area contributed by atoms with E-state index in [2.05, 4.69) is 16.3 Å². The van der Waals surface area contributed by atoms with Gasteiger partial charge in [-0.25, -0.2) is 22.8 Å². The fraction of sp³-hybridized carbons (Fsp3) is 0.667. The fourth-order valence-electron chi connectivity index (χ4n) is 2.79. The van der Waals surface area contributed by atoms with Gasteiger partial charge < -0.3 is 0 Å². The summed E-state index contributed by atoms with van der Waals surface area (Å²) in [5, 5.41) is 11.2. The van der Waals surface area contributed by atoms with Gasteiger partial charge >= 0.3 is 0 Å². The minimum atomic E-state index is -1.56. The van der Waals surface area contributed by atoms with Crippen molar-refractivity contribution in [2.45, 2.75) is 82.4 Å². The van der Waals surface area contributed by atoms with Crippen molar-refractivity contribution in [1.82, 2.24) is 0 Å². The van der Waals surface area contributed by atoms with Crippen LogP contribution in [0.5, 0.6) is 0 Å². The van der Waals surface area contributed by atoms with Crippen LogP contribution in [0.1, 0.15) is 76.7 Å². The molecular weight excluding hydrogens is 372 g/mol. The van der Waals surface area contributed by atoms with Crippen LogP contribution in [-0.2, 0) is 15.8 Å². The molecule has 0 saturated heterocycles. The Morgan fingerprint density at radius 3 is 1.65 bits per heavy atom. The second-order valence-corrected chi connectivity index (χ2v) is 6.93. The van der Waals surface area contributed by atoms with E-state index < -0.39 is 33.7 Å². The van der Waals surface area contributed by atoms with Gasteiger partial charge in [-0.15, -0.1) is 4.33 Å². The van der Waals surface area contributed by atoms with Crippen LogP contribution in [0.15, 0.2) is 4.90 Å². The molecule has 0 fully saturated rings. The molecule has 0 atom stereocenters. The van der Waals surface area contributed by atoms with Crippen molar-refractivity contribution in [2.24, 2.45) is 0 Å². The summed E-state index contributed by atoms with van der Waals surface area (Å²) in [5.41, 5.74) is -0.603. The molecule has 0 aliphatic heterocycles. The van der Waals surface area contributed by atoms with Crippen LogP contribution < -0.4 is 0 Å². The van der Waals surface area contributed by atoms with Crippen molar-refractivity contribution in [3.8, 4) is 0 Å². The molecule has 150 valence electrons. The summed E-state index contributed by atoms with van der Waals surface area (Å²) in [4.78, 5) is -1.04. The predicted molar refractivity (Wildman–Crippen MR) is 92.5 cm³/mol. The maximum absolute atomic E-state index is 14.0. The number of benzene rings is 1. The first-order valence-electron chi connectivity index (χ1n) is 9.04. The molecule has 0 radical (unpaired) electrons. The van der Waals surface area contributed by atoms with Crippen LogP contribution >= 0.6 is 12.0 Å². The van der Waals surface area contributed by atoms with Crippen LogP contribution in [0.2, 0.25) is 0 Å². The molecule has 1 aromatic carbocycles. The summed E-state index contributed by atoms with van der Waals surface area (Å²) in [6.45, 7) is 2.17. The molecule has 0 spiro atoms. The first-order chi connectivity index (χ1) is 12.5. The zero-order valence-corrected chi connectivity index (χ0v) is 15.8. The number of halogens is 4. The summed E-state index contributed by atoms with van der Waals surface area (Å²) in [6, 6.07) is 0. The molecule has 1 rings (SSSR count). The third-order valence-electron chi connectivity index (χ3n) is 4.24. The molecule has 26 heavy (non-hydrogen) atoms. The Bertz CT molecular complexity index is 515. The second-order valence-electron chi connectivity index (χ2n) is 6.22. The van der Waals surface area contributed by atoms with E-state index in [1.165, 1.54) is 32.1 Å². The average Bonchev–Trinajstić information content (AvgIpc) is 2.64. The zero-order valence-electron chi connectivity index (χ0n) is 15.0. The van der Waals surface area contributed by atoms with Gasteiger partial charge in [-0.3, -0.25) is 0 Å². The van der Waals surface area contributed by atoms with Crippen LogP contribution in [-0.4, -0.2) is 5.26 Å². The normalized spacial score (nSPS) is 11.3. The Hall–Kier alpha value is -0.830. The Morgan fingerprint density at radius 1 is 0.731 bits per heavy atom. The van der Waals surface area contributed by atoms with Gasteiger partial charge in [0.1, 0.15) is 4.90 Å². The van der Waals surface area contributed by atoms with Gasteiger partial charge in [-0.1, -0.05) is 69.7 Å². The minimum absolute atomic E-state index is 0.0791. The molecule has 0 heterocycles. The van der Waals surface area contributed by atoms with Gasteiger partial charge in [-0.2, -0.15) is 0 Å². The van der Waals surface area contributed by atoms with Gasteiger partial charge in [0, 0.05) is 5.56 Å². The van der Waals surface area contributed by atoms with E-state index in [0.29, 0.717) is 6.42 Å². The van der Waals surface area contributed by atoms with Crippen molar-refractivity contribution < 1.29 is 32.2 Å². The molecule has 1 aromatic rings. The summed E-state index contributed by atoms with van der Waals surface area (Å²) in [6.07, 6.45) is 10.4. The summed E-state index contributed by atoms with van der Waals surface area (Å²) in [5.74, 6) is -6.01. The SMILES string of the molecule is CCCCCCCCCCCCc1c(F)c(F)c(SOOO)c(F)c1F. The molecule has 0 unspecified atom stereocenters. The maximum Gasteiger partial charge on any atom is 0.178 e. The highest BCUT2D eigenvalue weighted by atomic mass is 32.2. The Kier molecular flexibility index (Phi) is 11.9. The van der Waals surface area contributed by atoms with Gasteiger partial charge in [0.05, 0.1) is 12.0 Å². The highest BCUT2D eigenvalue weighted by Crippen LogP contribution is 2.32. The summed E-state index contributed by atoms with van der Waals surface area (Å²) >= 11 is -0.147. The molecule has 0 amide bonds. The van der Waals surface area contributed by atoms with E-state index in [1.807, 2.05) is 0 Å². The van der Waals surface area contributed by atoms with Crippen molar-refractivity contribution in [2.75, 3.05) is 0 Å². The molecule has 0 bridgehead atoms. The molecule has 0 aliphatic carbocycles. The molecule has 1 N–H and O–H groups in total. The van der Waals surface area contributed by atoms with Crippen molar-refractivity contribution in [1.29, 1.82) is 0 Å². The minimum Gasteiger partial charge on any atom is -0.220 e. The lowest BCUT2D eigenvalue weighted by Gasteiger charge is -2.10. The van der Waals surface area contributed by atoms with Crippen molar-refractivity contribution >= 4 is 12.0 Å². The second kappa shape index (κ2) is 13.4. The quantitative estimate of drug-likeness (QED) is 0.0903. The Balaban J connectivity index is 2.41. The first kappa shape index (κ1) is 23.2. The van der Waals surface area contributed by atoms with Crippen molar-refractivity contribution in [3.63, 3.8) is 0 Å². The molecular formula is C18H26F4O3S. The van der Waals surface area contributed by atoms with E-state index in [9.17, 15) is 17.6 Å². The molecule has 0 saturated carbocycles. The van der Waals surface area contributed by atoms with Crippen LogP contribution in [0.25, 0.3) is 0 Å². The Morgan fingerprint density at radius 2 is 1.19 bits per heavy atom. The summed E-state index contributed by atoms with van der Waals surface area (Å²) < 4.78 is 59.4. The van der Waals surface area contributed by atoms with E-state index in [0.717, 1.165) is 25.7 Å². The average molecular weight is 398 g/mol.